The third-order valence-corrected chi connectivity index (χ3v) is 1.40. The fraction of sp³-hybridized carbons (Fsp3) is 0.667. The van der Waals surface area contributed by atoms with E-state index < -0.39 is 0 Å². The lowest BCUT2D eigenvalue weighted by atomic mass is 10.1. The van der Waals surface area contributed by atoms with Crippen molar-refractivity contribution >= 4 is 5.91 Å². The van der Waals surface area contributed by atoms with E-state index >= 15 is 0 Å². The Bertz CT molecular complexity index is 140. The van der Waals surface area contributed by atoms with Gasteiger partial charge in [0.25, 0.3) is 0 Å². The molecular weight excluding hydrogens is 138 g/mol. The number of rotatable bonds is 4. The number of amides is 1. The molecule has 1 amide bonds. The summed E-state index contributed by atoms with van der Waals surface area (Å²) in [5.41, 5.74) is 0. The SMILES string of the molecule is C=CC(=O)NC(C)CC(C)C. The van der Waals surface area contributed by atoms with Crippen LogP contribution in [0.1, 0.15) is 27.2 Å². The second kappa shape index (κ2) is 4.94. The normalized spacial score (nSPS) is 12.7. The number of hydrogen-bond acceptors (Lipinski definition) is 1. The molecule has 0 aromatic rings. The van der Waals surface area contributed by atoms with E-state index in [0.29, 0.717) is 5.92 Å². The van der Waals surface area contributed by atoms with Crippen molar-refractivity contribution in [1.82, 2.24) is 5.32 Å². The van der Waals surface area contributed by atoms with E-state index in [9.17, 15) is 4.79 Å². The molecule has 0 aliphatic rings. The predicted octanol–water partition coefficient (Wildman–Crippen LogP) is 1.72. The molecule has 0 radical (unpaired) electrons. The Hall–Kier alpha value is -0.790. The van der Waals surface area contributed by atoms with Crippen LogP contribution in [0.25, 0.3) is 0 Å². The van der Waals surface area contributed by atoms with E-state index in [-0.39, 0.29) is 11.9 Å². The first-order chi connectivity index (χ1) is 5.06. The van der Waals surface area contributed by atoms with Crippen molar-refractivity contribution in [2.75, 3.05) is 0 Å². The van der Waals surface area contributed by atoms with Crippen LogP contribution < -0.4 is 5.32 Å². The molecule has 0 bridgehead atoms. The maximum absolute atomic E-state index is 10.8. The van der Waals surface area contributed by atoms with Crippen molar-refractivity contribution in [2.45, 2.75) is 33.2 Å². The van der Waals surface area contributed by atoms with Crippen molar-refractivity contribution in [2.24, 2.45) is 5.92 Å². The minimum Gasteiger partial charge on any atom is -0.350 e. The fourth-order valence-corrected chi connectivity index (χ4v) is 1.07. The zero-order valence-electron chi connectivity index (χ0n) is 7.55. The summed E-state index contributed by atoms with van der Waals surface area (Å²) in [5, 5.41) is 2.80. The van der Waals surface area contributed by atoms with E-state index in [0.717, 1.165) is 6.42 Å². The van der Waals surface area contributed by atoms with Gasteiger partial charge in [-0.3, -0.25) is 4.79 Å². The molecule has 1 N–H and O–H groups in total. The Kier molecular flexibility index (Phi) is 4.59. The van der Waals surface area contributed by atoms with Gasteiger partial charge in [-0.05, 0) is 25.3 Å². The van der Waals surface area contributed by atoms with E-state index in [1.807, 2.05) is 6.92 Å². The molecular formula is C9H17NO. The molecule has 11 heavy (non-hydrogen) atoms. The topological polar surface area (TPSA) is 29.1 Å². The third-order valence-electron chi connectivity index (χ3n) is 1.40. The highest BCUT2D eigenvalue weighted by Gasteiger charge is 2.05. The van der Waals surface area contributed by atoms with Gasteiger partial charge in [0.1, 0.15) is 0 Å². The smallest absolute Gasteiger partial charge is 0.243 e. The second-order valence-corrected chi connectivity index (χ2v) is 3.24. The van der Waals surface area contributed by atoms with Gasteiger partial charge in [0.2, 0.25) is 5.91 Å². The summed E-state index contributed by atoms with van der Waals surface area (Å²) in [6, 6.07) is 0.250. The first-order valence-corrected chi connectivity index (χ1v) is 3.99. The molecule has 0 saturated carbocycles. The van der Waals surface area contributed by atoms with Crippen molar-refractivity contribution in [3.8, 4) is 0 Å². The van der Waals surface area contributed by atoms with Gasteiger partial charge in [-0.15, -0.1) is 0 Å². The summed E-state index contributed by atoms with van der Waals surface area (Å²) in [5.74, 6) is 0.535. The summed E-state index contributed by atoms with van der Waals surface area (Å²) in [7, 11) is 0. The Labute approximate surface area is 68.7 Å². The van der Waals surface area contributed by atoms with Gasteiger partial charge in [-0.2, -0.15) is 0 Å². The highest BCUT2D eigenvalue weighted by molar-refractivity contribution is 5.87. The van der Waals surface area contributed by atoms with Crippen LogP contribution in [-0.2, 0) is 4.79 Å². The van der Waals surface area contributed by atoms with Crippen LogP contribution in [0.5, 0.6) is 0 Å². The van der Waals surface area contributed by atoms with E-state index in [4.69, 9.17) is 0 Å². The summed E-state index contributed by atoms with van der Waals surface area (Å²) in [6.45, 7) is 9.65. The molecule has 0 aromatic heterocycles. The molecule has 0 rings (SSSR count). The van der Waals surface area contributed by atoms with E-state index in [1.165, 1.54) is 6.08 Å². The molecule has 2 heteroatoms. The molecule has 0 aliphatic heterocycles. The monoisotopic (exact) mass is 155 g/mol. The Morgan fingerprint density at radius 2 is 2.09 bits per heavy atom. The van der Waals surface area contributed by atoms with Gasteiger partial charge in [0.05, 0.1) is 0 Å². The van der Waals surface area contributed by atoms with Crippen LogP contribution in [0.2, 0.25) is 0 Å². The van der Waals surface area contributed by atoms with Crippen LogP contribution in [0.3, 0.4) is 0 Å². The van der Waals surface area contributed by atoms with Gasteiger partial charge in [-0.1, -0.05) is 20.4 Å². The van der Waals surface area contributed by atoms with Crippen LogP contribution in [0, 0.1) is 5.92 Å². The quantitative estimate of drug-likeness (QED) is 0.615. The second-order valence-electron chi connectivity index (χ2n) is 3.24. The molecule has 1 unspecified atom stereocenters. The summed E-state index contributed by atoms with van der Waals surface area (Å²) in [6.07, 6.45) is 2.32. The zero-order chi connectivity index (χ0) is 8.85. The maximum atomic E-state index is 10.8. The largest absolute Gasteiger partial charge is 0.350 e. The summed E-state index contributed by atoms with van der Waals surface area (Å²) < 4.78 is 0. The molecule has 0 fully saturated rings. The van der Waals surface area contributed by atoms with Crippen molar-refractivity contribution in [1.29, 1.82) is 0 Å². The third kappa shape index (κ3) is 5.64. The Balaban J connectivity index is 3.59. The molecule has 2 nitrogen and oxygen atoms in total. The van der Waals surface area contributed by atoms with Gasteiger partial charge < -0.3 is 5.32 Å². The standard InChI is InChI=1S/C9H17NO/c1-5-9(11)10-8(4)6-7(2)3/h5,7-8H,1,6H2,2-4H3,(H,10,11). The van der Waals surface area contributed by atoms with Crippen LogP contribution in [0.15, 0.2) is 12.7 Å². The molecule has 0 spiro atoms. The maximum Gasteiger partial charge on any atom is 0.243 e. The lowest BCUT2D eigenvalue weighted by Gasteiger charge is -2.14. The van der Waals surface area contributed by atoms with Gasteiger partial charge >= 0.3 is 0 Å². The minimum absolute atomic E-state index is 0.0850. The van der Waals surface area contributed by atoms with Crippen molar-refractivity contribution in [3.05, 3.63) is 12.7 Å². The molecule has 0 heterocycles. The predicted molar refractivity (Wildman–Crippen MR) is 47.3 cm³/mol. The first kappa shape index (κ1) is 10.2. The average Bonchev–Trinajstić information content (AvgIpc) is 1.85. The fourth-order valence-electron chi connectivity index (χ4n) is 1.07. The summed E-state index contributed by atoms with van der Waals surface area (Å²) >= 11 is 0. The molecule has 1 atom stereocenters. The molecule has 0 saturated heterocycles. The van der Waals surface area contributed by atoms with E-state index in [2.05, 4.69) is 25.7 Å². The van der Waals surface area contributed by atoms with Crippen LogP contribution >= 0.6 is 0 Å². The van der Waals surface area contributed by atoms with Gasteiger partial charge in [0, 0.05) is 6.04 Å². The summed E-state index contributed by atoms with van der Waals surface area (Å²) in [4.78, 5) is 10.8. The van der Waals surface area contributed by atoms with Crippen LogP contribution in [0.4, 0.5) is 0 Å². The van der Waals surface area contributed by atoms with Crippen molar-refractivity contribution < 1.29 is 4.79 Å². The Morgan fingerprint density at radius 1 is 1.55 bits per heavy atom. The highest BCUT2D eigenvalue weighted by Crippen LogP contribution is 2.03. The molecule has 64 valence electrons. The van der Waals surface area contributed by atoms with Gasteiger partial charge in [-0.25, -0.2) is 0 Å². The van der Waals surface area contributed by atoms with E-state index in [1.54, 1.807) is 0 Å². The number of carbonyl (C=O) groups is 1. The van der Waals surface area contributed by atoms with Crippen molar-refractivity contribution in [3.63, 3.8) is 0 Å². The van der Waals surface area contributed by atoms with Crippen LogP contribution in [-0.4, -0.2) is 11.9 Å². The molecule has 0 aromatic carbocycles. The van der Waals surface area contributed by atoms with Gasteiger partial charge in [0.15, 0.2) is 0 Å². The average molecular weight is 155 g/mol. The lowest BCUT2D eigenvalue weighted by Crippen LogP contribution is -2.31. The lowest BCUT2D eigenvalue weighted by molar-refractivity contribution is -0.117. The Morgan fingerprint density at radius 3 is 2.45 bits per heavy atom. The number of nitrogens with one attached hydrogen (secondary N) is 1. The minimum atomic E-state index is -0.0850. The molecule has 0 aliphatic carbocycles. The zero-order valence-corrected chi connectivity index (χ0v) is 7.55. The number of carbonyl (C=O) groups excluding carboxylic acids is 1. The number of hydrogen-bond donors (Lipinski definition) is 1. The highest BCUT2D eigenvalue weighted by atomic mass is 16.1. The first-order valence-electron chi connectivity index (χ1n) is 3.99.